The minimum Gasteiger partial charge on any atom is -0.481 e. The van der Waals surface area contributed by atoms with Gasteiger partial charge in [0.05, 0.1) is 5.92 Å². The lowest BCUT2D eigenvalue weighted by Crippen LogP contribution is -2.30. The van der Waals surface area contributed by atoms with E-state index >= 15 is 0 Å². The summed E-state index contributed by atoms with van der Waals surface area (Å²) >= 11 is 5.92. The minimum atomic E-state index is -0.721. The first kappa shape index (κ1) is 18.7. The topological polar surface area (TPSA) is 69.6 Å². The van der Waals surface area contributed by atoms with Gasteiger partial charge in [-0.2, -0.15) is 0 Å². The number of carbonyl (C=O) groups is 2. The molecule has 1 saturated heterocycles. The molecular weight excluding hydrogens is 328 g/mol. The Hall–Kier alpha value is -1.59. The number of amides is 1. The number of likely N-dealkylation sites (tertiary alicyclic amines) is 1. The predicted octanol–water partition coefficient (Wildman–Crippen LogP) is 2.78. The van der Waals surface area contributed by atoms with Gasteiger partial charge in [0.2, 0.25) is 5.91 Å². The summed E-state index contributed by atoms with van der Waals surface area (Å²) in [4.78, 5) is 25.4. The molecule has 0 saturated carbocycles. The van der Waals surface area contributed by atoms with Gasteiger partial charge in [-0.3, -0.25) is 9.59 Å². The molecule has 1 aromatic carbocycles. The van der Waals surface area contributed by atoms with Crippen molar-refractivity contribution in [1.82, 2.24) is 10.2 Å². The highest BCUT2D eigenvalue weighted by Gasteiger charge is 2.36. The molecule has 0 unspecified atom stereocenters. The van der Waals surface area contributed by atoms with Crippen molar-refractivity contribution in [2.75, 3.05) is 19.6 Å². The van der Waals surface area contributed by atoms with Crippen LogP contribution in [0.25, 0.3) is 0 Å². The van der Waals surface area contributed by atoms with Gasteiger partial charge in [-0.25, -0.2) is 0 Å². The van der Waals surface area contributed by atoms with Gasteiger partial charge in [0.25, 0.3) is 0 Å². The van der Waals surface area contributed by atoms with Crippen LogP contribution in [0.1, 0.15) is 31.7 Å². The van der Waals surface area contributed by atoms with E-state index in [-0.39, 0.29) is 17.7 Å². The lowest BCUT2D eigenvalue weighted by molar-refractivity contribution is -0.142. The maximum Gasteiger partial charge on any atom is 0.308 e. The quantitative estimate of drug-likeness (QED) is 0.754. The van der Waals surface area contributed by atoms with Crippen LogP contribution in [0, 0.1) is 11.8 Å². The average Bonchev–Trinajstić information content (AvgIpc) is 2.95. The summed E-state index contributed by atoms with van der Waals surface area (Å²) in [6.07, 6.45) is 2.29. The largest absolute Gasteiger partial charge is 0.481 e. The minimum absolute atomic E-state index is 0.0270. The lowest BCUT2D eigenvalue weighted by Gasteiger charge is -2.15. The summed E-state index contributed by atoms with van der Waals surface area (Å²) in [5, 5.41) is 12.9. The molecular formula is C18H25ClN2O3. The number of carbonyl (C=O) groups excluding carboxylic acids is 1. The normalized spacial score (nSPS) is 20.9. The fraction of sp³-hybridized carbons (Fsp3) is 0.556. The van der Waals surface area contributed by atoms with E-state index in [4.69, 9.17) is 11.6 Å². The van der Waals surface area contributed by atoms with E-state index in [0.29, 0.717) is 31.1 Å². The van der Waals surface area contributed by atoms with Gasteiger partial charge in [-0.15, -0.1) is 0 Å². The standard InChI is InChI=1S/C18H25ClN2O3/c1-2-4-14-11-21(12-16(14)18(23)24)8-7-17(22)20-10-13-5-3-6-15(19)9-13/h3,5-6,9,14,16H,2,4,7-8,10-12H2,1H3,(H,20,22)(H,23,24)/t14-,16-/m1/s1. The predicted molar refractivity (Wildman–Crippen MR) is 93.9 cm³/mol. The van der Waals surface area contributed by atoms with Crippen LogP contribution >= 0.6 is 11.6 Å². The van der Waals surface area contributed by atoms with E-state index < -0.39 is 5.97 Å². The smallest absolute Gasteiger partial charge is 0.308 e. The second kappa shape index (κ2) is 9.04. The molecule has 1 aliphatic heterocycles. The van der Waals surface area contributed by atoms with Crippen molar-refractivity contribution in [2.24, 2.45) is 11.8 Å². The molecule has 1 aromatic rings. The molecule has 0 aliphatic carbocycles. The zero-order valence-corrected chi connectivity index (χ0v) is 14.8. The zero-order valence-electron chi connectivity index (χ0n) is 14.0. The number of hydrogen-bond acceptors (Lipinski definition) is 3. The summed E-state index contributed by atoms with van der Waals surface area (Å²) < 4.78 is 0. The lowest BCUT2D eigenvalue weighted by atomic mass is 9.92. The van der Waals surface area contributed by atoms with Crippen LogP contribution in [-0.4, -0.2) is 41.5 Å². The summed E-state index contributed by atoms with van der Waals surface area (Å²) in [6, 6.07) is 7.40. The number of halogens is 1. The molecule has 1 fully saturated rings. The van der Waals surface area contributed by atoms with Crippen LogP contribution in [0.3, 0.4) is 0 Å². The van der Waals surface area contributed by atoms with Gasteiger partial charge >= 0.3 is 5.97 Å². The molecule has 0 radical (unpaired) electrons. The van der Waals surface area contributed by atoms with Crippen molar-refractivity contribution >= 4 is 23.5 Å². The molecule has 6 heteroatoms. The SMILES string of the molecule is CCC[C@@H]1CN(CCC(=O)NCc2cccc(Cl)c2)C[C@H]1C(=O)O. The Bertz CT molecular complexity index is 579. The molecule has 1 heterocycles. The summed E-state index contributed by atoms with van der Waals surface area (Å²) in [7, 11) is 0. The van der Waals surface area contributed by atoms with Crippen molar-refractivity contribution in [3.63, 3.8) is 0 Å². The van der Waals surface area contributed by atoms with Crippen LogP contribution in [-0.2, 0) is 16.1 Å². The Morgan fingerprint density at radius 1 is 1.38 bits per heavy atom. The van der Waals surface area contributed by atoms with Crippen LogP contribution in [0.4, 0.5) is 0 Å². The van der Waals surface area contributed by atoms with Gasteiger partial charge in [0.1, 0.15) is 0 Å². The van der Waals surface area contributed by atoms with Gasteiger partial charge in [-0.05, 0) is 30.0 Å². The molecule has 1 amide bonds. The Balaban J connectivity index is 1.74. The number of carboxylic acid groups (broad SMARTS) is 1. The molecule has 5 nitrogen and oxygen atoms in total. The monoisotopic (exact) mass is 352 g/mol. The van der Waals surface area contributed by atoms with Gasteiger partial charge in [-0.1, -0.05) is 37.1 Å². The average molecular weight is 353 g/mol. The number of hydrogen-bond donors (Lipinski definition) is 2. The van der Waals surface area contributed by atoms with Crippen molar-refractivity contribution in [3.05, 3.63) is 34.9 Å². The molecule has 0 bridgehead atoms. The maximum absolute atomic E-state index is 12.0. The summed E-state index contributed by atoms with van der Waals surface area (Å²) in [5.41, 5.74) is 0.964. The molecule has 2 N–H and O–H groups in total. The van der Waals surface area contributed by atoms with Crippen molar-refractivity contribution in [2.45, 2.75) is 32.7 Å². The Morgan fingerprint density at radius 3 is 2.83 bits per heavy atom. The van der Waals surface area contributed by atoms with Crippen molar-refractivity contribution < 1.29 is 14.7 Å². The number of carboxylic acids is 1. The number of rotatable bonds is 8. The third kappa shape index (κ3) is 5.49. The summed E-state index contributed by atoms with van der Waals surface area (Å²) in [5.74, 6) is -0.858. The highest BCUT2D eigenvalue weighted by molar-refractivity contribution is 6.30. The van der Waals surface area contributed by atoms with Gasteiger partial charge in [0.15, 0.2) is 0 Å². The van der Waals surface area contributed by atoms with Crippen LogP contribution in [0.15, 0.2) is 24.3 Å². The Morgan fingerprint density at radius 2 is 2.17 bits per heavy atom. The number of benzene rings is 1. The Kier molecular flexibility index (Phi) is 7.06. The zero-order chi connectivity index (χ0) is 17.5. The number of nitrogens with one attached hydrogen (secondary N) is 1. The van der Waals surface area contributed by atoms with E-state index in [0.717, 1.165) is 24.9 Å². The summed E-state index contributed by atoms with van der Waals surface area (Å²) in [6.45, 7) is 4.44. The molecule has 0 spiro atoms. The third-order valence-electron chi connectivity index (χ3n) is 4.53. The first-order valence-corrected chi connectivity index (χ1v) is 8.83. The van der Waals surface area contributed by atoms with Crippen molar-refractivity contribution in [3.8, 4) is 0 Å². The third-order valence-corrected chi connectivity index (χ3v) is 4.76. The van der Waals surface area contributed by atoms with Crippen LogP contribution in [0.2, 0.25) is 5.02 Å². The molecule has 1 aliphatic rings. The molecule has 2 atom stereocenters. The molecule has 24 heavy (non-hydrogen) atoms. The van der Waals surface area contributed by atoms with E-state index in [1.807, 2.05) is 18.2 Å². The number of nitrogens with zero attached hydrogens (tertiary/aromatic N) is 1. The second-order valence-electron chi connectivity index (χ2n) is 6.41. The van der Waals surface area contributed by atoms with E-state index in [1.54, 1.807) is 6.07 Å². The molecule has 2 rings (SSSR count). The molecule has 132 valence electrons. The van der Waals surface area contributed by atoms with Gasteiger partial charge in [0, 0.05) is 37.6 Å². The Labute approximate surface area is 148 Å². The molecule has 0 aromatic heterocycles. The highest BCUT2D eigenvalue weighted by Crippen LogP contribution is 2.27. The van der Waals surface area contributed by atoms with Crippen LogP contribution < -0.4 is 5.32 Å². The first-order chi connectivity index (χ1) is 11.5. The second-order valence-corrected chi connectivity index (χ2v) is 6.85. The van der Waals surface area contributed by atoms with E-state index in [9.17, 15) is 14.7 Å². The maximum atomic E-state index is 12.0. The highest BCUT2D eigenvalue weighted by atomic mass is 35.5. The van der Waals surface area contributed by atoms with E-state index in [1.165, 1.54) is 0 Å². The van der Waals surface area contributed by atoms with E-state index in [2.05, 4.69) is 17.1 Å². The fourth-order valence-electron chi connectivity index (χ4n) is 3.28. The fourth-order valence-corrected chi connectivity index (χ4v) is 3.49. The number of aliphatic carboxylic acids is 1. The van der Waals surface area contributed by atoms with Crippen LogP contribution in [0.5, 0.6) is 0 Å². The van der Waals surface area contributed by atoms with Gasteiger partial charge < -0.3 is 15.3 Å². The first-order valence-electron chi connectivity index (χ1n) is 8.46. The van der Waals surface area contributed by atoms with Crippen molar-refractivity contribution in [1.29, 1.82) is 0 Å².